The second-order valence-electron chi connectivity index (χ2n) is 11.7. The Labute approximate surface area is 240 Å². The van der Waals surface area contributed by atoms with Crippen molar-refractivity contribution in [2.24, 2.45) is 14.1 Å². The zero-order valence-electron chi connectivity index (χ0n) is 24.4. The number of aryl methyl sites for hydroxylation is 2. The first-order valence-corrected chi connectivity index (χ1v) is 13.8. The van der Waals surface area contributed by atoms with E-state index in [2.05, 4.69) is 15.5 Å². The Hall–Kier alpha value is -4.25. The van der Waals surface area contributed by atoms with Gasteiger partial charge in [-0.25, -0.2) is 14.8 Å². The van der Waals surface area contributed by atoms with E-state index < -0.39 is 23.8 Å². The quantitative estimate of drug-likeness (QED) is 0.355. The number of carbonyl (C=O) groups excluding carboxylic acids is 1. The summed E-state index contributed by atoms with van der Waals surface area (Å²) in [6.45, 7) is 5.50. The maximum atomic E-state index is 12.8. The molecule has 41 heavy (non-hydrogen) atoms. The molecule has 0 radical (unpaired) electrons. The lowest BCUT2D eigenvalue weighted by Crippen LogP contribution is -2.54. The van der Waals surface area contributed by atoms with Crippen LogP contribution in [-0.4, -0.2) is 76.5 Å². The summed E-state index contributed by atoms with van der Waals surface area (Å²) in [6.07, 6.45) is 10.2. The van der Waals surface area contributed by atoms with Crippen molar-refractivity contribution in [3.8, 4) is 33.6 Å². The van der Waals surface area contributed by atoms with Crippen molar-refractivity contribution in [2.45, 2.75) is 63.8 Å². The van der Waals surface area contributed by atoms with Crippen molar-refractivity contribution < 1.29 is 14.6 Å². The van der Waals surface area contributed by atoms with E-state index in [9.17, 15) is 9.90 Å². The van der Waals surface area contributed by atoms with Crippen LogP contribution in [0.2, 0.25) is 0 Å². The number of likely N-dealkylation sites (N-methyl/N-ethyl adjacent to an activating group) is 1. The second-order valence-corrected chi connectivity index (χ2v) is 11.7. The third-order valence-electron chi connectivity index (χ3n) is 7.29. The first kappa shape index (κ1) is 28.3. The lowest BCUT2D eigenvalue weighted by atomic mass is 9.87. The fourth-order valence-electron chi connectivity index (χ4n) is 5.19. The fourth-order valence-corrected chi connectivity index (χ4v) is 5.19. The molecule has 11 nitrogen and oxygen atoms in total. The predicted molar refractivity (Wildman–Crippen MR) is 157 cm³/mol. The van der Waals surface area contributed by atoms with E-state index in [0.29, 0.717) is 18.1 Å². The van der Waals surface area contributed by atoms with Crippen LogP contribution in [-0.2, 0) is 18.8 Å². The highest BCUT2D eigenvalue weighted by Crippen LogP contribution is 2.33. The minimum Gasteiger partial charge on any atom is -0.444 e. The molecule has 1 aliphatic rings. The largest absolute Gasteiger partial charge is 0.444 e. The first-order chi connectivity index (χ1) is 19.5. The number of carbonyl (C=O) groups is 1. The van der Waals surface area contributed by atoms with Gasteiger partial charge in [-0.15, -0.1) is 0 Å². The molecule has 0 saturated heterocycles. The minimum absolute atomic E-state index is 0.335. The molecule has 4 aromatic rings. The number of nitrogens with one attached hydrogen (secondary N) is 1. The van der Waals surface area contributed by atoms with E-state index >= 15 is 0 Å². The molecule has 3 heterocycles. The zero-order valence-corrected chi connectivity index (χ0v) is 24.4. The number of amides is 1. The standard InChI is InChI=1S/C30H38N8O3/c1-30(2,3)41-29(40)38(6)25-12-8-11-24(26(25)39)34-28-23(22-15-33-37(5)18-22)16-31-27(35-28)20-10-7-9-19(13-20)21-14-32-36(4)17-21/h7,9-10,13-18,24-26,39H,8,11-12H2,1-6H3,(H,31,34,35)/t24-,25-,26-/m0/s1. The number of aliphatic hydroxyl groups is 1. The number of nitrogens with zero attached hydrogens (tertiary/aromatic N) is 7. The molecule has 0 unspecified atom stereocenters. The summed E-state index contributed by atoms with van der Waals surface area (Å²) in [5.41, 5.74) is 3.90. The summed E-state index contributed by atoms with van der Waals surface area (Å²) in [6, 6.07) is 7.30. The molecule has 3 aromatic heterocycles. The number of rotatable bonds is 6. The second kappa shape index (κ2) is 11.3. The van der Waals surface area contributed by atoms with Gasteiger partial charge in [-0.3, -0.25) is 9.36 Å². The molecule has 0 bridgehead atoms. The molecule has 216 valence electrons. The molecular formula is C30H38N8O3. The predicted octanol–water partition coefficient (Wildman–Crippen LogP) is 4.51. The fraction of sp³-hybridized carbons (Fsp3) is 0.433. The maximum Gasteiger partial charge on any atom is 0.410 e. The number of hydrogen-bond donors (Lipinski definition) is 2. The van der Waals surface area contributed by atoms with Crippen LogP contribution in [0.4, 0.5) is 10.6 Å². The van der Waals surface area contributed by atoms with Crippen molar-refractivity contribution in [3.63, 3.8) is 0 Å². The molecule has 1 amide bonds. The molecular weight excluding hydrogens is 520 g/mol. The Kier molecular flexibility index (Phi) is 7.81. The maximum absolute atomic E-state index is 12.8. The number of aliphatic hydroxyl groups excluding tert-OH is 1. The highest BCUT2D eigenvalue weighted by Gasteiger charge is 2.38. The minimum atomic E-state index is -0.824. The Balaban J connectivity index is 1.45. The summed E-state index contributed by atoms with van der Waals surface area (Å²) in [7, 11) is 5.43. The molecule has 1 aliphatic carbocycles. The van der Waals surface area contributed by atoms with Gasteiger partial charge in [0.15, 0.2) is 5.82 Å². The Bertz CT molecular complexity index is 1520. The number of hydrogen-bond acceptors (Lipinski definition) is 8. The summed E-state index contributed by atoms with van der Waals surface area (Å²) in [5, 5.41) is 23.6. The van der Waals surface area contributed by atoms with Gasteiger partial charge in [0.25, 0.3) is 0 Å². The first-order valence-electron chi connectivity index (χ1n) is 13.8. The van der Waals surface area contributed by atoms with Crippen LogP contribution in [0.15, 0.2) is 55.2 Å². The normalized spacial score (nSPS) is 19.1. The van der Waals surface area contributed by atoms with Gasteiger partial charge in [0, 0.05) is 62.0 Å². The van der Waals surface area contributed by atoms with E-state index in [1.807, 2.05) is 77.7 Å². The van der Waals surface area contributed by atoms with Crippen LogP contribution < -0.4 is 5.32 Å². The number of benzene rings is 1. The van der Waals surface area contributed by atoms with Crippen LogP contribution in [0.25, 0.3) is 33.6 Å². The third kappa shape index (κ3) is 6.40. The van der Waals surface area contributed by atoms with Gasteiger partial charge >= 0.3 is 6.09 Å². The summed E-state index contributed by atoms with van der Waals surface area (Å²) < 4.78 is 9.06. The van der Waals surface area contributed by atoms with Gasteiger partial charge < -0.3 is 20.1 Å². The summed E-state index contributed by atoms with van der Waals surface area (Å²) in [5.74, 6) is 1.15. The molecule has 0 spiro atoms. The highest BCUT2D eigenvalue weighted by atomic mass is 16.6. The topological polar surface area (TPSA) is 123 Å². The van der Waals surface area contributed by atoms with Gasteiger partial charge in [-0.2, -0.15) is 10.2 Å². The van der Waals surface area contributed by atoms with E-state index in [1.165, 1.54) is 4.90 Å². The van der Waals surface area contributed by atoms with E-state index in [-0.39, 0.29) is 6.04 Å². The van der Waals surface area contributed by atoms with Crippen molar-refractivity contribution >= 4 is 11.9 Å². The van der Waals surface area contributed by atoms with Crippen LogP contribution in [0, 0.1) is 0 Å². The lowest BCUT2D eigenvalue weighted by molar-refractivity contribution is -0.0117. The number of ether oxygens (including phenoxy) is 1. The van der Waals surface area contributed by atoms with Crippen molar-refractivity contribution in [1.29, 1.82) is 0 Å². The molecule has 2 N–H and O–H groups in total. The molecule has 1 fully saturated rings. The Morgan fingerprint density at radius 3 is 2.37 bits per heavy atom. The van der Waals surface area contributed by atoms with Crippen LogP contribution >= 0.6 is 0 Å². The average Bonchev–Trinajstić information content (AvgIpc) is 3.56. The van der Waals surface area contributed by atoms with Crippen molar-refractivity contribution in [1.82, 2.24) is 34.4 Å². The van der Waals surface area contributed by atoms with Gasteiger partial charge in [0.05, 0.1) is 30.6 Å². The van der Waals surface area contributed by atoms with Crippen LogP contribution in [0.1, 0.15) is 40.0 Å². The molecule has 0 aliphatic heterocycles. The third-order valence-corrected chi connectivity index (χ3v) is 7.29. The lowest BCUT2D eigenvalue weighted by Gasteiger charge is -2.40. The molecule has 1 aromatic carbocycles. The SMILES string of the molecule is CN(C(=O)OC(C)(C)C)[C@H]1CCC[C@H](Nc2nc(-c3cccc(-c4cnn(C)c4)c3)ncc2-c2cnn(C)c2)[C@@H]1O. The molecule has 1 saturated carbocycles. The van der Waals surface area contributed by atoms with Crippen molar-refractivity contribution in [3.05, 3.63) is 55.2 Å². The van der Waals surface area contributed by atoms with Gasteiger partial charge in [-0.1, -0.05) is 18.2 Å². The smallest absolute Gasteiger partial charge is 0.410 e. The summed E-state index contributed by atoms with van der Waals surface area (Å²) >= 11 is 0. The highest BCUT2D eigenvalue weighted by molar-refractivity contribution is 5.77. The Morgan fingerprint density at radius 2 is 1.71 bits per heavy atom. The van der Waals surface area contributed by atoms with Crippen LogP contribution in [0.5, 0.6) is 0 Å². The number of anilines is 1. The van der Waals surface area contributed by atoms with E-state index in [4.69, 9.17) is 14.7 Å². The van der Waals surface area contributed by atoms with Gasteiger partial charge in [0.1, 0.15) is 11.4 Å². The van der Waals surface area contributed by atoms with Gasteiger partial charge in [0.2, 0.25) is 0 Å². The van der Waals surface area contributed by atoms with Gasteiger partial charge in [-0.05, 0) is 51.7 Å². The molecule has 5 rings (SSSR count). The monoisotopic (exact) mass is 558 g/mol. The van der Waals surface area contributed by atoms with E-state index in [0.717, 1.165) is 40.7 Å². The number of aromatic nitrogens is 6. The molecule has 11 heteroatoms. The summed E-state index contributed by atoms with van der Waals surface area (Å²) in [4.78, 5) is 24.0. The average molecular weight is 559 g/mol. The zero-order chi connectivity index (χ0) is 29.3. The van der Waals surface area contributed by atoms with Crippen LogP contribution in [0.3, 0.4) is 0 Å². The van der Waals surface area contributed by atoms with E-state index in [1.54, 1.807) is 28.8 Å². The Morgan fingerprint density at radius 1 is 1.02 bits per heavy atom. The molecule has 3 atom stereocenters. The van der Waals surface area contributed by atoms with Crippen molar-refractivity contribution in [2.75, 3.05) is 12.4 Å².